The van der Waals surface area contributed by atoms with Gasteiger partial charge in [0, 0.05) is 5.92 Å². The summed E-state index contributed by atoms with van der Waals surface area (Å²) in [6, 6.07) is 13.6. The lowest BCUT2D eigenvalue weighted by atomic mass is 9.98. The van der Waals surface area contributed by atoms with Crippen LogP contribution < -0.4 is 0 Å². The van der Waals surface area contributed by atoms with Crippen LogP contribution in [0.25, 0.3) is 11.1 Å². The molecule has 2 aromatic carbocycles. The van der Waals surface area contributed by atoms with Crippen LogP contribution in [0, 0.1) is 0 Å². The lowest BCUT2D eigenvalue weighted by Crippen LogP contribution is -2.61. The fraction of sp³-hybridized carbons (Fsp3) is 0.350. The molecule has 0 atom stereocenters. The molecule has 1 aliphatic carbocycles. The maximum atomic E-state index is 13.6. The number of halogens is 9. The number of esters is 1. The second-order valence-corrected chi connectivity index (χ2v) is 6.94. The molecule has 168 valence electrons. The van der Waals surface area contributed by atoms with Gasteiger partial charge in [0.2, 0.25) is 0 Å². The Balaban J connectivity index is 1.75. The molecule has 0 N–H and O–H groups in total. The molecule has 0 radical (unpaired) electrons. The Bertz CT molecular complexity index is 937. The number of benzene rings is 2. The van der Waals surface area contributed by atoms with Crippen molar-refractivity contribution in [3.8, 4) is 11.1 Å². The average Bonchev–Trinajstić information content (AvgIpc) is 2.99. The first-order valence-electron chi connectivity index (χ1n) is 8.75. The van der Waals surface area contributed by atoms with Gasteiger partial charge in [0.25, 0.3) is 0 Å². The van der Waals surface area contributed by atoms with E-state index in [1.807, 2.05) is 0 Å². The summed E-state index contributed by atoms with van der Waals surface area (Å²) < 4.78 is 121. The van der Waals surface area contributed by atoms with Crippen LogP contribution >= 0.6 is 0 Å². The van der Waals surface area contributed by atoms with Crippen LogP contribution in [0.2, 0.25) is 0 Å². The molecular weight excluding hydrogens is 443 g/mol. The zero-order chi connectivity index (χ0) is 23.2. The SMILES string of the molecule is O=C(CC(F)(F)C(F)(F)C(F)(F)C(F)(F)F)OCC1c2ccccc2-c2ccccc21. The van der Waals surface area contributed by atoms with Crippen molar-refractivity contribution >= 4 is 5.97 Å². The van der Waals surface area contributed by atoms with E-state index >= 15 is 0 Å². The van der Waals surface area contributed by atoms with Crippen LogP contribution in [0.15, 0.2) is 48.5 Å². The molecule has 0 saturated heterocycles. The maximum absolute atomic E-state index is 13.6. The zero-order valence-electron chi connectivity index (χ0n) is 15.3. The van der Waals surface area contributed by atoms with Crippen LogP contribution in [-0.2, 0) is 9.53 Å². The van der Waals surface area contributed by atoms with E-state index in [1.54, 1.807) is 48.5 Å². The highest BCUT2D eigenvalue weighted by atomic mass is 19.4. The summed E-state index contributed by atoms with van der Waals surface area (Å²) in [5.74, 6) is -22.6. The van der Waals surface area contributed by atoms with E-state index in [0.717, 1.165) is 11.1 Å². The molecule has 31 heavy (non-hydrogen) atoms. The van der Waals surface area contributed by atoms with E-state index in [9.17, 15) is 44.3 Å². The lowest BCUT2D eigenvalue weighted by Gasteiger charge is -2.33. The second kappa shape index (κ2) is 7.45. The normalized spacial score (nSPS) is 14.9. The van der Waals surface area contributed by atoms with Gasteiger partial charge in [0.1, 0.15) is 13.0 Å². The molecule has 0 fully saturated rings. The zero-order valence-corrected chi connectivity index (χ0v) is 15.3. The van der Waals surface area contributed by atoms with Gasteiger partial charge >= 0.3 is 29.9 Å². The van der Waals surface area contributed by atoms with Gasteiger partial charge in [0.15, 0.2) is 0 Å². The summed E-state index contributed by atoms with van der Waals surface area (Å²) in [7, 11) is 0. The van der Waals surface area contributed by atoms with E-state index in [4.69, 9.17) is 0 Å². The number of alkyl halides is 9. The molecule has 2 nitrogen and oxygen atoms in total. The summed E-state index contributed by atoms with van der Waals surface area (Å²) in [4.78, 5) is 11.7. The number of ether oxygens (including phenoxy) is 1. The van der Waals surface area contributed by atoms with Crippen LogP contribution in [0.1, 0.15) is 23.5 Å². The van der Waals surface area contributed by atoms with Crippen LogP contribution in [0.4, 0.5) is 39.5 Å². The molecule has 0 saturated carbocycles. The Kier molecular flexibility index (Phi) is 5.52. The Morgan fingerprint density at radius 2 is 1.19 bits per heavy atom. The molecule has 0 amide bonds. The van der Waals surface area contributed by atoms with Crippen molar-refractivity contribution in [2.45, 2.75) is 36.3 Å². The highest BCUT2D eigenvalue weighted by molar-refractivity contribution is 5.79. The molecule has 0 spiro atoms. The summed E-state index contributed by atoms with van der Waals surface area (Å²) in [6.45, 7) is -0.593. The third kappa shape index (κ3) is 3.74. The summed E-state index contributed by atoms with van der Waals surface area (Å²) in [6.07, 6.45) is -9.59. The van der Waals surface area contributed by atoms with Gasteiger partial charge in [-0.25, -0.2) is 0 Å². The number of rotatable bonds is 6. The first kappa shape index (κ1) is 23.0. The van der Waals surface area contributed by atoms with Gasteiger partial charge in [0.05, 0.1) is 0 Å². The van der Waals surface area contributed by atoms with Gasteiger partial charge in [-0.2, -0.15) is 39.5 Å². The minimum atomic E-state index is -7.05. The largest absolute Gasteiger partial charge is 0.464 e. The van der Waals surface area contributed by atoms with Crippen LogP contribution in [-0.4, -0.2) is 36.5 Å². The van der Waals surface area contributed by atoms with Crippen LogP contribution in [0.3, 0.4) is 0 Å². The standard InChI is InChI=1S/C20H13F9O2/c21-17(22,18(23,24)19(25,26)20(27,28)29)9-16(30)31-10-15-13-7-3-1-5-11(13)12-6-2-4-8-14(12)15/h1-8,15H,9-10H2. The number of carbonyl (C=O) groups is 1. The van der Waals surface area contributed by atoms with Crippen molar-refractivity contribution in [3.05, 3.63) is 59.7 Å². The molecule has 2 aromatic rings. The van der Waals surface area contributed by atoms with Crippen molar-refractivity contribution in [3.63, 3.8) is 0 Å². The highest BCUT2D eigenvalue weighted by Crippen LogP contribution is 2.54. The molecule has 0 aliphatic heterocycles. The molecular formula is C20H13F9O2. The van der Waals surface area contributed by atoms with Gasteiger partial charge in [-0.1, -0.05) is 48.5 Å². The topological polar surface area (TPSA) is 26.3 Å². The molecule has 1 aliphatic rings. The molecule has 3 rings (SSSR count). The van der Waals surface area contributed by atoms with Crippen molar-refractivity contribution in [1.29, 1.82) is 0 Å². The Morgan fingerprint density at radius 1 is 0.742 bits per heavy atom. The van der Waals surface area contributed by atoms with Gasteiger partial charge in [-0.3, -0.25) is 4.79 Å². The Hall–Kier alpha value is -2.72. The first-order valence-corrected chi connectivity index (χ1v) is 8.75. The third-order valence-electron chi connectivity index (χ3n) is 4.95. The predicted octanol–water partition coefficient (Wildman–Crippen LogP) is 6.20. The fourth-order valence-electron chi connectivity index (χ4n) is 3.37. The smallest absolute Gasteiger partial charge is 0.460 e. The van der Waals surface area contributed by atoms with E-state index < -0.39 is 48.9 Å². The number of hydrogen-bond donors (Lipinski definition) is 0. The molecule has 0 unspecified atom stereocenters. The minimum absolute atomic E-state index is 0.593. The molecule has 0 aromatic heterocycles. The Labute approximate surface area is 169 Å². The monoisotopic (exact) mass is 456 g/mol. The van der Waals surface area contributed by atoms with E-state index in [0.29, 0.717) is 11.1 Å². The van der Waals surface area contributed by atoms with Gasteiger partial charge < -0.3 is 4.74 Å². The van der Waals surface area contributed by atoms with Gasteiger partial charge in [-0.15, -0.1) is 0 Å². The van der Waals surface area contributed by atoms with E-state index in [2.05, 4.69) is 4.74 Å². The highest BCUT2D eigenvalue weighted by Gasteiger charge is 2.81. The third-order valence-corrected chi connectivity index (χ3v) is 4.95. The summed E-state index contributed by atoms with van der Waals surface area (Å²) >= 11 is 0. The molecule has 11 heteroatoms. The van der Waals surface area contributed by atoms with Crippen LogP contribution in [0.5, 0.6) is 0 Å². The maximum Gasteiger partial charge on any atom is 0.460 e. The predicted molar refractivity (Wildman–Crippen MR) is 90.2 cm³/mol. The summed E-state index contributed by atoms with van der Waals surface area (Å²) in [5, 5.41) is 0. The van der Waals surface area contributed by atoms with Crippen molar-refractivity contribution < 1.29 is 49.0 Å². The van der Waals surface area contributed by atoms with Crippen molar-refractivity contribution in [2.75, 3.05) is 6.61 Å². The lowest BCUT2D eigenvalue weighted by molar-refractivity contribution is -0.395. The first-order chi connectivity index (χ1) is 14.2. The quantitative estimate of drug-likeness (QED) is 0.382. The molecule has 0 heterocycles. The number of carbonyl (C=O) groups excluding carboxylic acids is 1. The summed E-state index contributed by atoms with van der Waals surface area (Å²) in [5.41, 5.74) is 2.83. The van der Waals surface area contributed by atoms with Crippen molar-refractivity contribution in [2.24, 2.45) is 0 Å². The van der Waals surface area contributed by atoms with E-state index in [1.165, 1.54) is 0 Å². The second-order valence-electron chi connectivity index (χ2n) is 6.94. The number of fused-ring (bicyclic) bond motifs is 3. The Morgan fingerprint density at radius 3 is 1.65 bits per heavy atom. The minimum Gasteiger partial charge on any atom is -0.464 e. The van der Waals surface area contributed by atoms with Gasteiger partial charge in [-0.05, 0) is 22.3 Å². The van der Waals surface area contributed by atoms with E-state index in [-0.39, 0.29) is 0 Å². The van der Waals surface area contributed by atoms with Crippen molar-refractivity contribution in [1.82, 2.24) is 0 Å². The number of hydrogen-bond acceptors (Lipinski definition) is 2. The fourth-order valence-corrected chi connectivity index (χ4v) is 3.37. The average molecular weight is 456 g/mol. The molecule has 0 bridgehead atoms.